The van der Waals surface area contributed by atoms with Crippen molar-refractivity contribution in [3.8, 4) is 0 Å². The second-order valence-electron chi connectivity index (χ2n) is 7.18. The van der Waals surface area contributed by atoms with E-state index in [1.165, 1.54) is 0 Å². The van der Waals surface area contributed by atoms with Gasteiger partial charge in [-0.2, -0.15) is 4.31 Å². The molecule has 0 saturated carbocycles. The van der Waals surface area contributed by atoms with Gasteiger partial charge in [0.25, 0.3) is 5.91 Å². The molecule has 3 rings (SSSR count). The fraction of sp³-hybridized carbons (Fsp3) is 0.611. The fourth-order valence-corrected chi connectivity index (χ4v) is 6.43. The molecule has 8 heteroatoms. The van der Waals surface area contributed by atoms with Crippen LogP contribution >= 0.6 is 11.8 Å². The van der Waals surface area contributed by atoms with Gasteiger partial charge in [0.05, 0.1) is 10.6 Å². The molecule has 0 aromatic heterocycles. The van der Waals surface area contributed by atoms with Crippen LogP contribution in [0.25, 0.3) is 0 Å². The van der Waals surface area contributed by atoms with Gasteiger partial charge in [0.15, 0.2) is 6.04 Å². The number of quaternary nitrogens is 1. The van der Waals surface area contributed by atoms with Crippen molar-refractivity contribution in [3.63, 3.8) is 0 Å². The predicted octanol–water partition coefficient (Wildman–Crippen LogP) is 0.761. The summed E-state index contributed by atoms with van der Waals surface area (Å²) in [5, 5.41) is 5.23. The summed E-state index contributed by atoms with van der Waals surface area (Å²) in [5.74, 6) is 0.885. The van der Waals surface area contributed by atoms with Crippen LogP contribution in [0.4, 0.5) is 0 Å². The molecule has 144 valence electrons. The lowest BCUT2D eigenvalue weighted by Gasteiger charge is -2.35. The summed E-state index contributed by atoms with van der Waals surface area (Å²) in [6.07, 6.45) is 2.44. The zero-order chi connectivity index (χ0) is 18.8. The fourth-order valence-electron chi connectivity index (χ4n) is 3.48. The van der Waals surface area contributed by atoms with Crippen LogP contribution in [0.15, 0.2) is 35.2 Å². The number of rotatable bonds is 5. The molecule has 6 nitrogen and oxygen atoms in total. The van der Waals surface area contributed by atoms with Gasteiger partial charge in [-0.3, -0.25) is 4.79 Å². The number of thioether (sulfide) groups is 1. The molecule has 0 aliphatic carbocycles. The molecule has 1 aromatic rings. The second kappa shape index (κ2) is 7.88. The number of nitrogens with zero attached hydrogens (tertiary/aromatic N) is 1. The Balaban J connectivity index is 1.60. The van der Waals surface area contributed by atoms with Gasteiger partial charge in [0, 0.05) is 32.0 Å². The van der Waals surface area contributed by atoms with Crippen molar-refractivity contribution in [2.45, 2.75) is 55.0 Å². The number of carbonyl (C=O) groups excluding carboxylic acids is 1. The lowest BCUT2D eigenvalue weighted by Crippen LogP contribution is -3.00. The van der Waals surface area contributed by atoms with Crippen LogP contribution in [0.5, 0.6) is 0 Å². The van der Waals surface area contributed by atoms with Gasteiger partial charge in [-0.05, 0) is 25.5 Å². The minimum atomic E-state index is -3.43. The van der Waals surface area contributed by atoms with Crippen molar-refractivity contribution >= 4 is 27.7 Å². The molecule has 1 aromatic carbocycles. The molecule has 2 heterocycles. The summed E-state index contributed by atoms with van der Waals surface area (Å²) in [5.41, 5.74) is 0. The number of nitrogens with one attached hydrogen (secondary N) is 1. The van der Waals surface area contributed by atoms with Gasteiger partial charge in [-0.15, -0.1) is 0 Å². The third kappa shape index (κ3) is 4.08. The number of hydrogen-bond donors (Lipinski definition) is 2. The molecule has 0 unspecified atom stereocenters. The molecule has 1 spiro atoms. The topological polar surface area (TPSA) is 83.1 Å². The van der Waals surface area contributed by atoms with Gasteiger partial charge < -0.3 is 10.6 Å². The molecule has 2 atom stereocenters. The van der Waals surface area contributed by atoms with Crippen molar-refractivity contribution in [2.24, 2.45) is 0 Å². The molecule has 2 aliphatic heterocycles. The Labute approximate surface area is 160 Å². The van der Waals surface area contributed by atoms with Crippen molar-refractivity contribution in [3.05, 3.63) is 30.3 Å². The highest BCUT2D eigenvalue weighted by atomic mass is 32.2. The first kappa shape index (κ1) is 19.7. The highest BCUT2D eigenvalue weighted by Gasteiger charge is 2.49. The molecule has 2 aliphatic rings. The third-order valence-corrected chi connectivity index (χ3v) is 8.90. The highest BCUT2D eigenvalue weighted by molar-refractivity contribution is 8.00. The molecule has 2 fully saturated rings. The minimum absolute atomic E-state index is 0.0693. The van der Waals surface area contributed by atoms with Gasteiger partial charge >= 0.3 is 0 Å². The Bertz CT molecular complexity index is 731. The Kier molecular flexibility index (Phi) is 5.96. The number of sulfonamides is 1. The summed E-state index contributed by atoms with van der Waals surface area (Å²) in [6, 6.07) is 8.72. The van der Waals surface area contributed by atoms with E-state index in [9.17, 15) is 13.2 Å². The van der Waals surface area contributed by atoms with Gasteiger partial charge in [0.1, 0.15) is 4.87 Å². The lowest BCUT2D eigenvalue weighted by molar-refractivity contribution is -0.714. The monoisotopic (exact) mass is 398 g/mol. The standard InChI is InChI=1S/C18H27N3O3S2/c1-3-14(2)19-17(22)16-13-25-18(20-16)9-11-21(12-10-18)26(23,24)15-7-5-4-6-8-15/h4-8,14,16,20H,3,9-13H2,1-2H3,(H,19,22)/p+1/t14-,16-/m1/s1. The maximum absolute atomic E-state index is 12.8. The van der Waals surface area contributed by atoms with E-state index in [2.05, 4.69) is 17.6 Å². The Morgan fingerprint density at radius 3 is 2.62 bits per heavy atom. The van der Waals surface area contributed by atoms with E-state index in [0.29, 0.717) is 18.0 Å². The average molecular weight is 399 g/mol. The van der Waals surface area contributed by atoms with Crippen LogP contribution < -0.4 is 10.6 Å². The van der Waals surface area contributed by atoms with Crippen LogP contribution in [0, 0.1) is 0 Å². The van der Waals surface area contributed by atoms with E-state index in [0.717, 1.165) is 25.0 Å². The summed E-state index contributed by atoms with van der Waals surface area (Å²) >= 11 is 1.81. The summed E-state index contributed by atoms with van der Waals surface area (Å²) in [4.78, 5) is 12.7. The van der Waals surface area contributed by atoms with Crippen molar-refractivity contribution in [1.29, 1.82) is 0 Å². The number of amides is 1. The molecule has 26 heavy (non-hydrogen) atoms. The quantitative estimate of drug-likeness (QED) is 0.767. The Morgan fingerprint density at radius 1 is 1.35 bits per heavy atom. The van der Waals surface area contributed by atoms with Gasteiger partial charge in [-0.25, -0.2) is 8.42 Å². The molecular formula is C18H28N3O3S2+. The van der Waals surface area contributed by atoms with Gasteiger partial charge in [0.2, 0.25) is 10.0 Å². The first-order valence-electron chi connectivity index (χ1n) is 9.22. The summed E-state index contributed by atoms with van der Waals surface area (Å²) in [6.45, 7) is 5.08. The van der Waals surface area contributed by atoms with Gasteiger partial charge in [-0.1, -0.05) is 36.9 Å². The van der Waals surface area contributed by atoms with E-state index in [4.69, 9.17) is 0 Å². The predicted molar refractivity (Wildman–Crippen MR) is 103 cm³/mol. The van der Waals surface area contributed by atoms with Crippen LogP contribution in [0.3, 0.4) is 0 Å². The van der Waals surface area contributed by atoms with Crippen molar-refractivity contribution in [1.82, 2.24) is 9.62 Å². The van der Waals surface area contributed by atoms with E-state index in [1.54, 1.807) is 28.6 Å². The number of piperidine rings is 1. The van der Waals surface area contributed by atoms with Crippen LogP contribution in [0.2, 0.25) is 0 Å². The lowest BCUT2D eigenvalue weighted by atomic mass is 10.0. The van der Waals surface area contributed by atoms with Crippen molar-refractivity contribution in [2.75, 3.05) is 18.8 Å². The summed E-state index contributed by atoms with van der Waals surface area (Å²) < 4.78 is 27.1. The first-order chi connectivity index (χ1) is 12.4. The number of carbonyl (C=O) groups is 1. The Hall–Kier alpha value is -1.09. The maximum Gasteiger partial charge on any atom is 0.279 e. The zero-order valence-corrected chi connectivity index (χ0v) is 17.0. The van der Waals surface area contributed by atoms with E-state index in [-0.39, 0.29) is 22.9 Å². The smallest absolute Gasteiger partial charge is 0.279 e. The average Bonchev–Trinajstić information content (AvgIpc) is 3.06. The molecular weight excluding hydrogens is 370 g/mol. The second-order valence-corrected chi connectivity index (χ2v) is 10.6. The minimum Gasteiger partial charge on any atom is -0.348 e. The van der Waals surface area contributed by atoms with Crippen LogP contribution in [-0.4, -0.2) is 54.4 Å². The normalized spacial score (nSPS) is 24.5. The number of nitrogens with two attached hydrogens (primary N) is 1. The molecule has 3 N–H and O–H groups in total. The number of hydrogen-bond acceptors (Lipinski definition) is 4. The maximum atomic E-state index is 12.8. The number of benzene rings is 1. The molecule has 2 saturated heterocycles. The highest BCUT2D eigenvalue weighted by Crippen LogP contribution is 2.35. The third-order valence-electron chi connectivity index (χ3n) is 5.34. The van der Waals surface area contributed by atoms with Crippen molar-refractivity contribution < 1.29 is 18.5 Å². The van der Waals surface area contributed by atoms with Crippen LogP contribution in [0.1, 0.15) is 33.1 Å². The Morgan fingerprint density at radius 2 is 2.00 bits per heavy atom. The molecule has 0 bridgehead atoms. The summed E-state index contributed by atoms with van der Waals surface area (Å²) in [7, 11) is -3.43. The SMILES string of the molecule is CC[C@@H](C)NC(=O)[C@H]1CSC2(CCN(S(=O)(=O)c3ccccc3)CC2)[NH2+]1. The first-order valence-corrected chi connectivity index (χ1v) is 11.6. The van der Waals surface area contributed by atoms with E-state index < -0.39 is 10.0 Å². The van der Waals surface area contributed by atoms with E-state index in [1.807, 2.05) is 24.8 Å². The molecule has 0 radical (unpaired) electrons. The zero-order valence-electron chi connectivity index (χ0n) is 15.3. The largest absolute Gasteiger partial charge is 0.348 e. The molecule has 1 amide bonds. The van der Waals surface area contributed by atoms with Crippen LogP contribution in [-0.2, 0) is 14.8 Å². The van der Waals surface area contributed by atoms with E-state index >= 15 is 0 Å².